The van der Waals surface area contributed by atoms with Gasteiger partial charge in [-0.2, -0.15) is 0 Å². The maximum Gasteiger partial charge on any atom is 0.0931 e. The van der Waals surface area contributed by atoms with Gasteiger partial charge < -0.3 is 5.32 Å². The minimum atomic E-state index is 0.365. The predicted octanol–water partition coefficient (Wildman–Crippen LogP) is 3.89. The summed E-state index contributed by atoms with van der Waals surface area (Å²) in [5, 5.41) is 3.55. The van der Waals surface area contributed by atoms with Gasteiger partial charge in [0.05, 0.1) is 4.34 Å². The lowest BCUT2D eigenvalue weighted by Crippen LogP contribution is -2.55. The third-order valence-electron chi connectivity index (χ3n) is 3.66. The molecule has 1 fully saturated rings. The first-order valence-electron chi connectivity index (χ1n) is 5.54. The van der Waals surface area contributed by atoms with Crippen LogP contribution in [0.1, 0.15) is 38.0 Å². The smallest absolute Gasteiger partial charge is 0.0931 e. The summed E-state index contributed by atoms with van der Waals surface area (Å²) in [5.41, 5.74) is 0.365. The third kappa shape index (κ3) is 1.95. The van der Waals surface area contributed by atoms with Gasteiger partial charge in [0.2, 0.25) is 0 Å². The molecule has 1 aliphatic rings. The van der Waals surface area contributed by atoms with Crippen LogP contribution in [0.2, 0.25) is 4.34 Å². The molecule has 0 aromatic carbocycles. The summed E-state index contributed by atoms with van der Waals surface area (Å²) < 4.78 is 0.910. The van der Waals surface area contributed by atoms with E-state index < -0.39 is 0 Å². The molecule has 2 atom stereocenters. The predicted molar refractivity (Wildman–Crippen MR) is 67.9 cm³/mol. The molecule has 2 unspecified atom stereocenters. The fourth-order valence-corrected chi connectivity index (χ4v) is 3.89. The van der Waals surface area contributed by atoms with Crippen molar-refractivity contribution in [1.82, 2.24) is 5.32 Å². The largest absolute Gasteiger partial charge is 0.314 e. The van der Waals surface area contributed by atoms with Gasteiger partial charge in [-0.15, -0.1) is 11.3 Å². The molecule has 84 valence electrons. The molecule has 3 heteroatoms. The van der Waals surface area contributed by atoms with E-state index in [0.29, 0.717) is 17.4 Å². The minimum Gasteiger partial charge on any atom is -0.314 e. The molecule has 0 spiro atoms. The van der Waals surface area contributed by atoms with Crippen molar-refractivity contribution in [2.45, 2.75) is 39.2 Å². The first-order valence-corrected chi connectivity index (χ1v) is 6.73. The summed E-state index contributed by atoms with van der Waals surface area (Å²) in [4.78, 5) is 1.44. The molecule has 2 rings (SSSR count). The highest BCUT2D eigenvalue weighted by molar-refractivity contribution is 7.16. The lowest BCUT2D eigenvalue weighted by molar-refractivity contribution is 0.0728. The zero-order valence-electron chi connectivity index (χ0n) is 9.51. The SMILES string of the molecule is CCNC1CC(c2ccc(Cl)s2)C1(C)C. The first-order chi connectivity index (χ1) is 7.05. The molecule has 1 aromatic heterocycles. The Labute approximate surface area is 101 Å². The second-order valence-corrected chi connectivity index (χ2v) is 6.61. The summed E-state index contributed by atoms with van der Waals surface area (Å²) in [6, 6.07) is 4.85. The van der Waals surface area contributed by atoms with E-state index in [1.54, 1.807) is 11.3 Å². The van der Waals surface area contributed by atoms with Gasteiger partial charge in [-0.3, -0.25) is 0 Å². The maximum atomic E-state index is 5.98. The van der Waals surface area contributed by atoms with Crippen molar-refractivity contribution < 1.29 is 0 Å². The van der Waals surface area contributed by atoms with Crippen LogP contribution in [0.4, 0.5) is 0 Å². The highest BCUT2D eigenvalue weighted by atomic mass is 35.5. The number of halogens is 1. The fourth-order valence-electron chi connectivity index (χ4n) is 2.52. The quantitative estimate of drug-likeness (QED) is 0.849. The normalized spacial score (nSPS) is 28.8. The van der Waals surface area contributed by atoms with Crippen LogP contribution in [-0.4, -0.2) is 12.6 Å². The van der Waals surface area contributed by atoms with E-state index in [2.05, 4.69) is 32.2 Å². The molecule has 1 aliphatic carbocycles. The van der Waals surface area contributed by atoms with Crippen LogP contribution in [0.15, 0.2) is 12.1 Å². The Bertz CT molecular complexity index is 345. The van der Waals surface area contributed by atoms with Gasteiger partial charge in [-0.1, -0.05) is 32.4 Å². The van der Waals surface area contributed by atoms with Gasteiger partial charge in [0, 0.05) is 16.8 Å². The van der Waals surface area contributed by atoms with E-state index in [4.69, 9.17) is 11.6 Å². The highest BCUT2D eigenvalue weighted by Gasteiger charge is 2.48. The van der Waals surface area contributed by atoms with Gasteiger partial charge >= 0.3 is 0 Å². The molecule has 1 saturated carbocycles. The molecular formula is C12H18ClNS. The zero-order chi connectivity index (χ0) is 11.1. The van der Waals surface area contributed by atoms with Crippen molar-refractivity contribution in [3.63, 3.8) is 0 Å². The second kappa shape index (κ2) is 4.08. The number of nitrogens with one attached hydrogen (secondary N) is 1. The third-order valence-corrected chi connectivity index (χ3v) is 5.00. The van der Waals surface area contributed by atoms with Crippen molar-refractivity contribution in [3.8, 4) is 0 Å². The number of hydrogen-bond donors (Lipinski definition) is 1. The molecular weight excluding hydrogens is 226 g/mol. The number of thiophene rings is 1. The fraction of sp³-hybridized carbons (Fsp3) is 0.667. The Kier molecular flexibility index (Phi) is 3.11. The molecule has 1 aromatic rings. The van der Waals surface area contributed by atoms with Gasteiger partial charge in [-0.05, 0) is 30.5 Å². The summed E-state index contributed by atoms with van der Waals surface area (Å²) in [6.07, 6.45) is 1.25. The molecule has 1 nitrogen and oxygen atoms in total. The first kappa shape index (κ1) is 11.4. The Morgan fingerprint density at radius 1 is 1.53 bits per heavy atom. The Balaban J connectivity index is 2.09. The summed E-state index contributed by atoms with van der Waals surface area (Å²) in [6.45, 7) is 7.93. The molecule has 0 bridgehead atoms. The molecule has 1 N–H and O–H groups in total. The average molecular weight is 244 g/mol. The maximum absolute atomic E-state index is 5.98. The van der Waals surface area contributed by atoms with Crippen LogP contribution in [0.25, 0.3) is 0 Å². The summed E-state index contributed by atoms with van der Waals surface area (Å²) >= 11 is 7.71. The lowest BCUT2D eigenvalue weighted by Gasteiger charge is -2.52. The van der Waals surface area contributed by atoms with Crippen LogP contribution >= 0.6 is 22.9 Å². The van der Waals surface area contributed by atoms with Gasteiger partial charge in [-0.25, -0.2) is 0 Å². The molecule has 15 heavy (non-hydrogen) atoms. The Hall–Kier alpha value is -0.0500. The zero-order valence-corrected chi connectivity index (χ0v) is 11.1. The van der Waals surface area contributed by atoms with Crippen molar-refractivity contribution in [2.24, 2.45) is 5.41 Å². The van der Waals surface area contributed by atoms with E-state index in [-0.39, 0.29) is 0 Å². The topological polar surface area (TPSA) is 12.0 Å². The minimum absolute atomic E-state index is 0.365. The average Bonchev–Trinajstić information content (AvgIpc) is 2.58. The van der Waals surface area contributed by atoms with Crippen LogP contribution in [0, 0.1) is 5.41 Å². The number of hydrogen-bond acceptors (Lipinski definition) is 2. The summed E-state index contributed by atoms with van der Waals surface area (Å²) in [7, 11) is 0. The summed E-state index contributed by atoms with van der Waals surface area (Å²) in [5.74, 6) is 0.680. The van der Waals surface area contributed by atoms with E-state index in [9.17, 15) is 0 Å². The molecule has 0 aliphatic heterocycles. The van der Waals surface area contributed by atoms with E-state index in [1.807, 2.05) is 6.07 Å². The van der Waals surface area contributed by atoms with Crippen molar-refractivity contribution in [3.05, 3.63) is 21.3 Å². The molecule has 0 saturated heterocycles. The second-order valence-electron chi connectivity index (χ2n) is 4.86. The van der Waals surface area contributed by atoms with Crippen LogP contribution in [0.3, 0.4) is 0 Å². The number of rotatable bonds is 3. The van der Waals surface area contributed by atoms with Crippen LogP contribution in [0.5, 0.6) is 0 Å². The van der Waals surface area contributed by atoms with Gasteiger partial charge in [0.1, 0.15) is 0 Å². The van der Waals surface area contributed by atoms with Crippen molar-refractivity contribution in [2.75, 3.05) is 6.54 Å². The molecule has 0 amide bonds. The van der Waals surface area contributed by atoms with Crippen molar-refractivity contribution >= 4 is 22.9 Å². The van der Waals surface area contributed by atoms with Gasteiger partial charge in [0.15, 0.2) is 0 Å². The highest BCUT2D eigenvalue weighted by Crippen LogP contribution is 2.54. The Morgan fingerprint density at radius 2 is 2.27 bits per heavy atom. The van der Waals surface area contributed by atoms with E-state index >= 15 is 0 Å². The lowest BCUT2D eigenvalue weighted by atomic mass is 9.58. The van der Waals surface area contributed by atoms with E-state index in [1.165, 1.54) is 11.3 Å². The monoisotopic (exact) mass is 243 g/mol. The molecule has 0 radical (unpaired) electrons. The van der Waals surface area contributed by atoms with E-state index in [0.717, 1.165) is 10.9 Å². The standard InChI is InChI=1S/C12H18ClNS/c1-4-14-10-7-8(12(10,2)3)9-5-6-11(13)15-9/h5-6,8,10,14H,4,7H2,1-3H3. The van der Waals surface area contributed by atoms with Crippen LogP contribution < -0.4 is 5.32 Å². The Morgan fingerprint density at radius 3 is 2.73 bits per heavy atom. The van der Waals surface area contributed by atoms with Crippen molar-refractivity contribution in [1.29, 1.82) is 0 Å². The van der Waals surface area contributed by atoms with Gasteiger partial charge in [0.25, 0.3) is 0 Å². The van der Waals surface area contributed by atoms with Crippen LogP contribution in [-0.2, 0) is 0 Å². The molecule has 1 heterocycles.